The molecule has 9 heteroatoms. The van der Waals surface area contributed by atoms with E-state index in [-0.39, 0.29) is 17.1 Å². The van der Waals surface area contributed by atoms with Gasteiger partial charge in [-0.2, -0.15) is 13.2 Å². The molecule has 0 atom stereocenters. The van der Waals surface area contributed by atoms with E-state index in [0.29, 0.717) is 13.2 Å². The summed E-state index contributed by atoms with van der Waals surface area (Å²) in [4.78, 5) is 6.75. The summed E-state index contributed by atoms with van der Waals surface area (Å²) in [5, 5.41) is 2.88. The van der Waals surface area contributed by atoms with Crippen LogP contribution in [0.2, 0.25) is 0 Å². The van der Waals surface area contributed by atoms with E-state index < -0.39 is 12.0 Å². The molecule has 4 N–H and O–H groups in total. The first-order chi connectivity index (χ1) is 9.68. The van der Waals surface area contributed by atoms with Crippen LogP contribution in [0, 0.1) is 5.41 Å². The van der Waals surface area contributed by atoms with Crippen molar-refractivity contribution in [3.63, 3.8) is 0 Å². The van der Waals surface area contributed by atoms with Crippen molar-refractivity contribution in [3.05, 3.63) is 11.9 Å². The number of nitrogens with two attached hydrogens (primary N) is 1. The van der Waals surface area contributed by atoms with Crippen LogP contribution in [0.5, 0.6) is 0 Å². The summed E-state index contributed by atoms with van der Waals surface area (Å²) in [5.41, 5.74) is 1.94. The first kappa shape index (κ1) is 17.4. The van der Waals surface area contributed by atoms with E-state index in [1.165, 1.54) is 6.07 Å². The zero-order valence-electron chi connectivity index (χ0n) is 12.2. The molecule has 0 aliphatic rings. The number of alkyl halides is 3. The van der Waals surface area contributed by atoms with Gasteiger partial charge in [0.1, 0.15) is 11.6 Å². The molecule has 1 aromatic rings. The van der Waals surface area contributed by atoms with Crippen LogP contribution in [0.15, 0.2) is 6.07 Å². The summed E-state index contributed by atoms with van der Waals surface area (Å²) in [6.45, 7) is 4.97. The Balaban J connectivity index is 2.83. The molecule has 21 heavy (non-hydrogen) atoms. The summed E-state index contributed by atoms with van der Waals surface area (Å²) in [7, 11) is 1.60. The molecule has 0 saturated heterocycles. The molecular formula is C12H20F3N5O. The van der Waals surface area contributed by atoms with Gasteiger partial charge in [0.05, 0.1) is 0 Å². The first-order valence-electron chi connectivity index (χ1n) is 6.33. The molecular weight excluding hydrogens is 287 g/mol. The van der Waals surface area contributed by atoms with Gasteiger partial charge in [-0.25, -0.2) is 15.8 Å². The average molecular weight is 307 g/mol. The maximum absolute atomic E-state index is 12.7. The lowest BCUT2D eigenvalue weighted by Gasteiger charge is -2.25. The van der Waals surface area contributed by atoms with Crippen molar-refractivity contribution in [2.45, 2.75) is 26.4 Å². The smallest absolute Gasteiger partial charge is 0.385 e. The number of halogens is 3. The number of hydrogen-bond donors (Lipinski definition) is 3. The zero-order valence-corrected chi connectivity index (χ0v) is 12.2. The highest BCUT2D eigenvalue weighted by Crippen LogP contribution is 2.28. The number of hydrazine groups is 1. The van der Waals surface area contributed by atoms with Gasteiger partial charge in [0.15, 0.2) is 0 Å². The minimum Gasteiger partial charge on any atom is -0.385 e. The highest BCUT2D eigenvalue weighted by atomic mass is 19.4. The number of nitrogens with one attached hydrogen (secondary N) is 2. The van der Waals surface area contributed by atoms with Gasteiger partial charge in [0.25, 0.3) is 0 Å². The second-order valence-corrected chi connectivity index (χ2v) is 5.36. The maximum Gasteiger partial charge on any atom is 0.451 e. The number of ether oxygens (including phenoxy) is 1. The lowest BCUT2D eigenvalue weighted by atomic mass is 9.90. The molecule has 0 amide bonds. The fraction of sp³-hybridized carbons (Fsp3) is 0.667. The Hall–Kier alpha value is -1.61. The highest BCUT2D eigenvalue weighted by molar-refractivity contribution is 5.47. The second kappa shape index (κ2) is 6.90. The Bertz CT molecular complexity index is 465. The van der Waals surface area contributed by atoms with Crippen molar-refractivity contribution in [2.24, 2.45) is 11.3 Å². The quantitative estimate of drug-likeness (QED) is 0.529. The van der Waals surface area contributed by atoms with E-state index in [4.69, 9.17) is 10.6 Å². The minimum absolute atomic E-state index is 0.0655. The molecule has 1 aromatic heterocycles. The van der Waals surface area contributed by atoms with Gasteiger partial charge in [0, 0.05) is 26.3 Å². The van der Waals surface area contributed by atoms with Crippen LogP contribution < -0.4 is 16.6 Å². The lowest BCUT2D eigenvalue weighted by Crippen LogP contribution is -2.26. The topological polar surface area (TPSA) is 85.1 Å². The molecule has 0 unspecified atom stereocenters. The van der Waals surface area contributed by atoms with Crippen LogP contribution >= 0.6 is 0 Å². The van der Waals surface area contributed by atoms with Gasteiger partial charge in [-0.15, -0.1) is 0 Å². The highest BCUT2D eigenvalue weighted by Gasteiger charge is 2.35. The van der Waals surface area contributed by atoms with Crippen molar-refractivity contribution >= 4 is 11.6 Å². The third-order valence-corrected chi connectivity index (χ3v) is 2.86. The Labute approximate surface area is 121 Å². The molecule has 120 valence electrons. The maximum atomic E-state index is 12.7. The number of methoxy groups -OCH3 is 1. The Morgan fingerprint density at radius 3 is 2.38 bits per heavy atom. The molecule has 0 bridgehead atoms. The molecule has 0 radical (unpaired) electrons. The van der Waals surface area contributed by atoms with Crippen LogP contribution in [-0.2, 0) is 10.9 Å². The van der Waals surface area contributed by atoms with Gasteiger partial charge >= 0.3 is 6.18 Å². The third-order valence-electron chi connectivity index (χ3n) is 2.86. The second-order valence-electron chi connectivity index (χ2n) is 5.36. The van der Waals surface area contributed by atoms with Crippen molar-refractivity contribution in [3.8, 4) is 0 Å². The number of hydrogen-bond acceptors (Lipinski definition) is 6. The molecule has 0 saturated carbocycles. The van der Waals surface area contributed by atoms with Gasteiger partial charge < -0.3 is 15.5 Å². The molecule has 1 heterocycles. The molecule has 0 spiro atoms. The van der Waals surface area contributed by atoms with E-state index in [1.54, 1.807) is 7.11 Å². The summed E-state index contributed by atoms with van der Waals surface area (Å²) in [6, 6.07) is 1.32. The molecule has 0 aliphatic carbocycles. The van der Waals surface area contributed by atoms with Crippen molar-refractivity contribution < 1.29 is 17.9 Å². The number of rotatable bonds is 7. The van der Waals surface area contributed by atoms with E-state index in [0.717, 1.165) is 6.42 Å². The van der Waals surface area contributed by atoms with Crippen LogP contribution in [0.25, 0.3) is 0 Å². The Morgan fingerprint density at radius 2 is 1.86 bits per heavy atom. The molecule has 6 nitrogen and oxygen atoms in total. The van der Waals surface area contributed by atoms with Crippen LogP contribution in [0.3, 0.4) is 0 Å². The van der Waals surface area contributed by atoms with Crippen molar-refractivity contribution in [1.82, 2.24) is 9.97 Å². The van der Waals surface area contributed by atoms with Gasteiger partial charge in [0.2, 0.25) is 5.82 Å². The van der Waals surface area contributed by atoms with E-state index in [1.807, 2.05) is 13.8 Å². The molecule has 0 fully saturated rings. The first-order valence-corrected chi connectivity index (χ1v) is 6.33. The average Bonchev–Trinajstić information content (AvgIpc) is 2.42. The van der Waals surface area contributed by atoms with E-state index in [9.17, 15) is 13.2 Å². The monoisotopic (exact) mass is 307 g/mol. The normalized spacial score (nSPS) is 12.3. The van der Waals surface area contributed by atoms with Crippen molar-refractivity contribution in [1.29, 1.82) is 0 Å². The fourth-order valence-corrected chi connectivity index (χ4v) is 1.54. The standard InChI is InChI=1S/C12H20F3N5O/c1-11(2,4-5-21-3)7-17-8-6-9(20-16)19-10(18-8)12(13,14)15/h6H,4-5,7,16H2,1-3H3,(H2,17,18,19,20). The largest absolute Gasteiger partial charge is 0.451 e. The van der Waals surface area contributed by atoms with Crippen LogP contribution in [-0.4, -0.2) is 30.2 Å². The summed E-state index contributed by atoms with van der Waals surface area (Å²) < 4.78 is 43.1. The van der Waals surface area contributed by atoms with Crippen LogP contribution in [0.4, 0.5) is 24.8 Å². The van der Waals surface area contributed by atoms with Gasteiger partial charge in [-0.3, -0.25) is 0 Å². The van der Waals surface area contributed by atoms with Crippen molar-refractivity contribution in [2.75, 3.05) is 31.0 Å². The predicted octanol–water partition coefficient (Wildman–Crippen LogP) is 2.26. The SMILES string of the molecule is COCCC(C)(C)CNc1cc(NN)nc(C(F)(F)F)n1. The van der Waals surface area contributed by atoms with Gasteiger partial charge in [-0.1, -0.05) is 13.8 Å². The lowest BCUT2D eigenvalue weighted by molar-refractivity contribution is -0.144. The number of anilines is 2. The molecule has 0 aliphatic heterocycles. The zero-order chi connectivity index (χ0) is 16.1. The third kappa shape index (κ3) is 5.72. The van der Waals surface area contributed by atoms with E-state index in [2.05, 4.69) is 20.7 Å². The number of nitrogens with zero attached hydrogens (tertiary/aromatic N) is 2. The van der Waals surface area contributed by atoms with E-state index >= 15 is 0 Å². The Kier molecular flexibility index (Phi) is 5.73. The van der Waals surface area contributed by atoms with Gasteiger partial charge in [-0.05, 0) is 11.8 Å². The molecule has 0 aromatic carbocycles. The van der Waals surface area contributed by atoms with Crippen LogP contribution in [0.1, 0.15) is 26.1 Å². The molecule has 1 rings (SSSR count). The summed E-state index contributed by atoms with van der Waals surface area (Å²) >= 11 is 0. The fourth-order valence-electron chi connectivity index (χ4n) is 1.54. The summed E-state index contributed by atoms with van der Waals surface area (Å²) in [6.07, 6.45) is -3.87. The summed E-state index contributed by atoms with van der Waals surface area (Å²) in [5.74, 6) is 3.85. The minimum atomic E-state index is -4.63. The number of nitrogen functional groups attached to an aromatic ring is 1. The number of aromatic nitrogens is 2. The Morgan fingerprint density at radius 1 is 1.24 bits per heavy atom. The predicted molar refractivity (Wildman–Crippen MR) is 73.6 cm³/mol.